The molecule has 1 aliphatic carbocycles. The second kappa shape index (κ2) is 7.27. The topological polar surface area (TPSA) is 60.9 Å². The first kappa shape index (κ1) is 16.1. The molecule has 3 aromatic rings. The molecule has 25 heavy (non-hydrogen) atoms. The fraction of sp³-hybridized carbons (Fsp3) is 0.316. The molecular formula is C19H19N3O2S. The maximum Gasteiger partial charge on any atom is 0.191 e. The maximum atomic E-state index is 12.6. The predicted molar refractivity (Wildman–Crippen MR) is 96.0 cm³/mol. The molecule has 0 N–H and O–H groups in total. The van der Waals surface area contributed by atoms with Crippen molar-refractivity contribution >= 4 is 17.5 Å². The lowest BCUT2D eigenvalue weighted by Crippen LogP contribution is -2.08. The summed E-state index contributed by atoms with van der Waals surface area (Å²) in [5.41, 5.74) is 3.53. The summed E-state index contributed by atoms with van der Waals surface area (Å²) in [6, 6.07) is 9.91. The van der Waals surface area contributed by atoms with Crippen molar-refractivity contribution in [3.8, 4) is 0 Å². The van der Waals surface area contributed by atoms with E-state index in [1.807, 2.05) is 22.8 Å². The van der Waals surface area contributed by atoms with Gasteiger partial charge in [0.15, 0.2) is 10.9 Å². The number of benzene rings is 1. The number of aromatic nitrogens is 3. The molecular weight excluding hydrogens is 334 g/mol. The van der Waals surface area contributed by atoms with Crippen LogP contribution >= 0.6 is 11.8 Å². The number of fused-ring (bicyclic) bond motifs is 1. The number of aryl methyl sites for hydroxylation is 2. The first-order valence-corrected chi connectivity index (χ1v) is 9.46. The third kappa shape index (κ3) is 3.69. The van der Waals surface area contributed by atoms with Gasteiger partial charge in [0.25, 0.3) is 0 Å². The number of ketones is 1. The summed E-state index contributed by atoms with van der Waals surface area (Å²) in [4.78, 5) is 12.6. The van der Waals surface area contributed by atoms with Crippen LogP contribution in [0.4, 0.5) is 0 Å². The van der Waals surface area contributed by atoms with Crippen LogP contribution in [0.3, 0.4) is 0 Å². The van der Waals surface area contributed by atoms with Crippen LogP contribution in [0.1, 0.15) is 40.1 Å². The summed E-state index contributed by atoms with van der Waals surface area (Å²) in [6.07, 6.45) is 7.99. The molecule has 0 unspecified atom stereocenters. The fourth-order valence-corrected chi connectivity index (χ4v) is 3.96. The van der Waals surface area contributed by atoms with Crippen LogP contribution in [-0.2, 0) is 19.4 Å². The van der Waals surface area contributed by atoms with Gasteiger partial charge in [0, 0.05) is 5.56 Å². The molecule has 1 aliphatic rings. The summed E-state index contributed by atoms with van der Waals surface area (Å²) < 4.78 is 7.25. The van der Waals surface area contributed by atoms with Crippen molar-refractivity contribution in [3.63, 3.8) is 0 Å². The number of Topliss-reactive ketones (excluding diaryl/α,β-unsaturated/α-hetero) is 1. The lowest BCUT2D eigenvalue weighted by atomic mass is 9.90. The average molecular weight is 353 g/mol. The van der Waals surface area contributed by atoms with E-state index in [0.717, 1.165) is 29.3 Å². The Morgan fingerprint density at radius 3 is 2.92 bits per heavy atom. The zero-order valence-electron chi connectivity index (χ0n) is 13.9. The summed E-state index contributed by atoms with van der Waals surface area (Å²) >= 11 is 1.41. The standard InChI is InChI=1S/C19H19N3O2S/c23-18(16-8-7-14-4-1-2-5-15(14)10-16)12-25-19-21-20-13-22(19)11-17-6-3-9-24-17/h3,6-10,13H,1-2,4-5,11-12H2. The lowest BCUT2D eigenvalue weighted by molar-refractivity contribution is 0.102. The zero-order chi connectivity index (χ0) is 17.1. The Morgan fingerprint density at radius 1 is 1.20 bits per heavy atom. The number of hydrogen-bond donors (Lipinski definition) is 0. The number of carbonyl (C=O) groups is 1. The monoisotopic (exact) mass is 353 g/mol. The van der Waals surface area contributed by atoms with Crippen molar-refractivity contribution in [2.75, 3.05) is 5.75 Å². The Morgan fingerprint density at radius 2 is 2.08 bits per heavy atom. The number of thioether (sulfide) groups is 1. The highest BCUT2D eigenvalue weighted by molar-refractivity contribution is 7.99. The molecule has 1 aromatic carbocycles. The Balaban J connectivity index is 1.42. The van der Waals surface area contributed by atoms with E-state index in [0.29, 0.717) is 12.3 Å². The Labute approximate surface area is 150 Å². The van der Waals surface area contributed by atoms with Gasteiger partial charge in [0.05, 0.1) is 18.6 Å². The Hall–Kier alpha value is -2.34. The molecule has 0 aliphatic heterocycles. The molecule has 6 heteroatoms. The van der Waals surface area contributed by atoms with Crippen molar-refractivity contribution < 1.29 is 9.21 Å². The van der Waals surface area contributed by atoms with Crippen LogP contribution in [0, 0.1) is 0 Å². The van der Waals surface area contributed by atoms with Gasteiger partial charge in [0.2, 0.25) is 0 Å². The number of carbonyl (C=O) groups excluding carboxylic acids is 1. The Kier molecular flexibility index (Phi) is 4.70. The molecule has 0 fully saturated rings. The van der Waals surface area contributed by atoms with Gasteiger partial charge in [-0.1, -0.05) is 23.9 Å². The SMILES string of the molecule is O=C(CSc1nncn1Cc1ccco1)c1ccc2c(c1)CCCC2. The van der Waals surface area contributed by atoms with Gasteiger partial charge in [-0.15, -0.1) is 10.2 Å². The van der Waals surface area contributed by atoms with Crippen molar-refractivity contribution in [2.45, 2.75) is 37.4 Å². The molecule has 5 nitrogen and oxygen atoms in total. The normalized spacial score (nSPS) is 13.6. The van der Waals surface area contributed by atoms with Crippen LogP contribution in [0.5, 0.6) is 0 Å². The highest BCUT2D eigenvalue weighted by atomic mass is 32.2. The van der Waals surface area contributed by atoms with Gasteiger partial charge < -0.3 is 8.98 Å². The van der Waals surface area contributed by atoms with Crippen LogP contribution in [0.25, 0.3) is 0 Å². The molecule has 0 radical (unpaired) electrons. The van der Waals surface area contributed by atoms with E-state index in [1.54, 1.807) is 12.6 Å². The minimum atomic E-state index is 0.130. The van der Waals surface area contributed by atoms with E-state index in [-0.39, 0.29) is 5.78 Å². The van der Waals surface area contributed by atoms with E-state index in [4.69, 9.17) is 4.42 Å². The van der Waals surface area contributed by atoms with Gasteiger partial charge in [0.1, 0.15) is 12.1 Å². The van der Waals surface area contributed by atoms with E-state index in [2.05, 4.69) is 22.3 Å². The fourth-order valence-electron chi connectivity index (χ4n) is 3.16. The first-order chi connectivity index (χ1) is 12.3. The van der Waals surface area contributed by atoms with Crippen LogP contribution in [0.15, 0.2) is 52.5 Å². The summed E-state index contributed by atoms with van der Waals surface area (Å²) in [5, 5.41) is 8.79. The van der Waals surface area contributed by atoms with Gasteiger partial charge in [-0.3, -0.25) is 4.79 Å². The van der Waals surface area contributed by atoms with Gasteiger partial charge >= 0.3 is 0 Å². The van der Waals surface area contributed by atoms with Crippen LogP contribution in [0.2, 0.25) is 0 Å². The quantitative estimate of drug-likeness (QED) is 0.499. The predicted octanol–water partition coefficient (Wildman–Crippen LogP) is 3.77. The number of nitrogens with zero attached hydrogens (tertiary/aromatic N) is 3. The van der Waals surface area contributed by atoms with Gasteiger partial charge in [-0.05, 0) is 55.0 Å². The van der Waals surface area contributed by atoms with E-state index in [1.165, 1.54) is 35.7 Å². The number of rotatable bonds is 6. The molecule has 0 amide bonds. The van der Waals surface area contributed by atoms with Crippen molar-refractivity contribution in [3.05, 3.63) is 65.4 Å². The van der Waals surface area contributed by atoms with Gasteiger partial charge in [-0.2, -0.15) is 0 Å². The minimum absolute atomic E-state index is 0.130. The Bertz CT molecular complexity index is 871. The van der Waals surface area contributed by atoms with Crippen LogP contribution < -0.4 is 0 Å². The molecule has 2 aromatic heterocycles. The largest absolute Gasteiger partial charge is 0.467 e. The number of hydrogen-bond acceptors (Lipinski definition) is 5. The highest BCUT2D eigenvalue weighted by Crippen LogP contribution is 2.24. The van der Waals surface area contributed by atoms with Gasteiger partial charge in [-0.25, -0.2) is 0 Å². The average Bonchev–Trinajstić information content (AvgIpc) is 3.32. The minimum Gasteiger partial charge on any atom is -0.467 e. The highest BCUT2D eigenvalue weighted by Gasteiger charge is 2.15. The molecule has 4 rings (SSSR count). The summed E-state index contributed by atoms with van der Waals surface area (Å²) in [6.45, 7) is 0.565. The molecule has 0 saturated carbocycles. The van der Waals surface area contributed by atoms with Crippen molar-refractivity contribution in [1.29, 1.82) is 0 Å². The second-order valence-corrected chi connectivity index (χ2v) is 7.17. The third-order valence-corrected chi connectivity index (χ3v) is 5.47. The summed E-state index contributed by atoms with van der Waals surface area (Å²) in [7, 11) is 0. The molecule has 0 saturated heterocycles. The van der Waals surface area contributed by atoms with E-state index in [9.17, 15) is 4.79 Å². The smallest absolute Gasteiger partial charge is 0.191 e. The molecule has 0 atom stereocenters. The zero-order valence-corrected chi connectivity index (χ0v) is 14.7. The third-order valence-electron chi connectivity index (χ3n) is 4.49. The molecule has 2 heterocycles. The van der Waals surface area contributed by atoms with Crippen molar-refractivity contribution in [1.82, 2.24) is 14.8 Å². The van der Waals surface area contributed by atoms with E-state index >= 15 is 0 Å². The lowest BCUT2D eigenvalue weighted by Gasteiger charge is -2.16. The van der Waals surface area contributed by atoms with Crippen LogP contribution in [-0.4, -0.2) is 26.3 Å². The van der Waals surface area contributed by atoms with Crippen molar-refractivity contribution in [2.24, 2.45) is 0 Å². The number of furan rings is 1. The second-order valence-electron chi connectivity index (χ2n) is 6.22. The molecule has 0 bridgehead atoms. The first-order valence-electron chi connectivity index (χ1n) is 8.47. The molecule has 128 valence electrons. The summed E-state index contributed by atoms with van der Waals surface area (Å²) in [5.74, 6) is 1.32. The maximum absolute atomic E-state index is 12.6. The molecule has 0 spiro atoms. The van der Waals surface area contributed by atoms with E-state index < -0.39 is 0 Å².